The minimum atomic E-state index is -3.79. The predicted molar refractivity (Wildman–Crippen MR) is 126 cm³/mol. The molecule has 0 aliphatic heterocycles. The van der Waals surface area contributed by atoms with Gasteiger partial charge in [-0.2, -0.15) is 0 Å². The maximum Gasteiger partial charge on any atom is 0.241 e. The van der Waals surface area contributed by atoms with Crippen LogP contribution in [0.3, 0.4) is 0 Å². The van der Waals surface area contributed by atoms with Gasteiger partial charge in [0.25, 0.3) is 0 Å². The van der Waals surface area contributed by atoms with Gasteiger partial charge >= 0.3 is 0 Å². The molecule has 31 heavy (non-hydrogen) atoms. The highest BCUT2D eigenvalue weighted by atomic mass is 35.5. The average molecular weight is 477 g/mol. The summed E-state index contributed by atoms with van der Waals surface area (Å²) in [6, 6.07) is 21.3. The van der Waals surface area contributed by atoms with Crippen LogP contribution in [0, 0.1) is 6.92 Å². The Hall–Kier alpha value is -2.54. The van der Waals surface area contributed by atoms with Gasteiger partial charge in [0.2, 0.25) is 15.9 Å². The van der Waals surface area contributed by atoms with E-state index in [2.05, 4.69) is 5.32 Å². The van der Waals surface area contributed by atoms with Gasteiger partial charge in [0.15, 0.2) is 0 Å². The number of carbonyl (C=O) groups excluding carboxylic acids is 1. The molecule has 1 amide bonds. The summed E-state index contributed by atoms with van der Waals surface area (Å²) in [4.78, 5) is 13.0. The fourth-order valence-corrected chi connectivity index (χ4v) is 4.45. The van der Waals surface area contributed by atoms with Crippen molar-refractivity contribution in [3.8, 4) is 0 Å². The Morgan fingerprint density at radius 2 is 1.58 bits per heavy atom. The lowest BCUT2D eigenvalue weighted by atomic mass is 9.98. The van der Waals surface area contributed by atoms with Gasteiger partial charge in [0.05, 0.1) is 23.0 Å². The molecule has 0 saturated heterocycles. The van der Waals surface area contributed by atoms with Gasteiger partial charge in [-0.1, -0.05) is 83.4 Å². The summed E-state index contributed by atoms with van der Waals surface area (Å²) >= 11 is 12.2. The van der Waals surface area contributed by atoms with Gasteiger partial charge in [0.1, 0.15) is 6.54 Å². The molecule has 162 valence electrons. The normalized spacial score (nSPS) is 12.3. The van der Waals surface area contributed by atoms with Crippen molar-refractivity contribution in [1.82, 2.24) is 5.32 Å². The number of halogens is 2. The van der Waals surface area contributed by atoms with E-state index in [1.54, 1.807) is 6.07 Å². The smallest absolute Gasteiger partial charge is 0.241 e. The largest absolute Gasteiger partial charge is 0.344 e. The summed E-state index contributed by atoms with van der Waals surface area (Å²) in [5.74, 6) is -0.476. The second-order valence-electron chi connectivity index (χ2n) is 7.19. The van der Waals surface area contributed by atoms with E-state index in [9.17, 15) is 13.2 Å². The molecule has 0 fully saturated rings. The lowest BCUT2D eigenvalue weighted by Crippen LogP contribution is -2.42. The standard InChI is InChI=1S/C23H22Cl2N2O3S/c1-16-8-10-18(11-9-16)23(17-6-4-3-5-7-17)26-22(28)15-27(31(2,29)30)21-14-19(24)12-13-20(21)25/h3-14,23H,15H2,1-2H3,(H,26,28)/t23-/m0/s1. The second kappa shape index (κ2) is 9.73. The minimum absolute atomic E-state index is 0.151. The van der Waals surface area contributed by atoms with Crippen LogP contribution in [-0.4, -0.2) is 27.1 Å². The molecule has 0 bridgehead atoms. The predicted octanol–water partition coefficient (Wildman–Crippen LogP) is 4.97. The van der Waals surface area contributed by atoms with E-state index in [1.807, 2.05) is 61.5 Å². The maximum absolute atomic E-state index is 13.0. The first-order chi connectivity index (χ1) is 14.6. The molecule has 0 radical (unpaired) electrons. The van der Waals surface area contributed by atoms with Gasteiger partial charge < -0.3 is 5.32 Å². The third kappa shape index (κ3) is 6.00. The van der Waals surface area contributed by atoms with E-state index in [1.165, 1.54) is 12.1 Å². The van der Waals surface area contributed by atoms with Crippen molar-refractivity contribution < 1.29 is 13.2 Å². The second-order valence-corrected chi connectivity index (χ2v) is 9.94. The molecule has 0 saturated carbocycles. The Morgan fingerprint density at radius 1 is 0.968 bits per heavy atom. The number of hydrogen-bond acceptors (Lipinski definition) is 3. The Morgan fingerprint density at radius 3 is 2.19 bits per heavy atom. The third-order valence-electron chi connectivity index (χ3n) is 4.71. The summed E-state index contributed by atoms with van der Waals surface area (Å²) in [6.45, 7) is 1.55. The van der Waals surface area contributed by atoms with Crippen LogP contribution >= 0.6 is 23.2 Å². The molecular weight excluding hydrogens is 455 g/mol. The van der Waals surface area contributed by atoms with Crippen LogP contribution in [0.25, 0.3) is 0 Å². The highest BCUT2D eigenvalue weighted by Crippen LogP contribution is 2.31. The quantitative estimate of drug-likeness (QED) is 0.523. The third-order valence-corrected chi connectivity index (χ3v) is 6.39. The Kier molecular flexibility index (Phi) is 7.26. The molecule has 0 heterocycles. The van der Waals surface area contributed by atoms with Gasteiger partial charge in [-0.3, -0.25) is 9.10 Å². The van der Waals surface area contributed by atoms with Crippen molar-refractivity contribution in [3.05, 3.63) is 99.5 Å². The number of nitrogens with one attached hydrogen (secondary N) is 1. The molecule has 1 atom stereocenters. The summed E-state index contributed by atoms with van der Waals surface area (Å²) in [5.41, 5.74) is 3.02. The monoisotopic (exact) mass is 476 g/mol. The van der Waals surface area contributed by atoms with Crippen LogP contribution in [0.5, 0.6) is 0 Å². The lowest BCUT2D eigenvalue weighted by molar-refractivity contribution is -0.120. The van der Waals surface area contributed by atoms with Crippen LogP contribution in [0.1, 0.15) is 22.7 Å². The van der Waals surface area contributed by atoms with Crippen molar-refractivity contribution in [2.75, 3.05) is 17.1 Å². The van der Waals surface area contributed by atoms with Crippen LogP contribution in [-0.2, 0) is 14.8 Å². The maximum atomic E-state index is 13.0. The molecule has 0 spiro atoms. The molecule has 0 unspecified atom stereocenters. The molecule has 1 N–H and O–H groups in total. The number of rotatable bonds is 7. The molecule has 0 aliphatic carbocycles. The van der Waals surface area contributed by atoms with Crippen LogP contribution < -0.4 is 9.62 Å². The topological polar surface area (TPSA) is 66.5 Å². The fourth-order valence-electron chi connectivity index (χ4n) is 3.16. The fraction of sp³-hybridized carbons (Fsp3) is 0.174. The summed E-state index contributed by atoms with van der Waals surface area (Å²) in [6.07, 6.45) is 1.02. The summed E-state index contributed by atoms with van der Waals surface area (Å²) < 4.78 is 25.8. The Labute approximate surface area is 192 Å². The summed E-state index contributed by atoms with van der Waals surface area (Å²) in [5, 5.41) is 3.45. The SMILES string of the molecule is Cc1ccc([C@@H](NC(=O)CN(c2cc(Cl)ccc2Cl)S(C)(=O)=O)c2ccccc2)cc1. The zero-order valence-corrected chi connectivity index (χ0v) is 19.4. The number of hydrogen-bond donors (Lipinski definition) is 1. The Bertz CT molecular complexity index is 1170. The van der Waals surface area contributed by atoms with Crippen LogP contribution in [0.15, 0.2) is 72.8 Å². The molecule has 8 heteroatoms. The van der Waals surface area contributed by atoms with Gasteiger partial charge in [-0.25, -0.2) is 8.42 Å². The number of nitrogens with zero attached hydrogens (tertiary/aromatic N) is 1. The van der Waals surface area contributed by atoms with Crippen molar-refractivity contribution >= 4 is 44.8 Å². The lowest BCUT2D eigenvalue weighted by Gasteiger charge is -2.25. The number of amides is 1. The van der Waals surface area contributed by atoms with E-state index < -0.39 is 28.5 Å². The van der Waals surface area contributed by atoms with Gasteiger partial charge in [-0.15, -0.1) is 0 Å². The highest BCUT2D eigenvalue weighted by molar-refractivity contribution is 7.92. The number of sulfonamides is 1. The van der Waals surface area contributed by atoms with Crippen molar-refractivity contribution in [2.45, 2.75) is 13.0 Å². The summed E-state index contributed by atoms with van der Waals surface area (Å²) in [7, 11) is -3.79. The van der Waals surface area contributed by atoms with Crippen LogP contribution in [0.2, 0.25) is 10.0 Å². The highest BCUT2D eigenvalue weighted by Gasteiger charge is 2.25. The van der Waals surface area contributed by atoms with Gasteiger partial charge in [-0.05, 0) is 36.2 Å². The first-order valence-corrected chi connectivity index (χ1v) is 12.1. The van der Waals surface area contributed by atoms with Gasteiger partial charge in [0, 0.05) is 5.02 Å². The van der Waals surface area contributed by atoms with E-state index in [0.29, 0.717) is 5.02 Å². The molecule has 3 rings (SSSR count). The molecular formula is C23H22Cl2N2O3S. The first kappa shape index (κ1) is 23.1. The molecule has 0 aliphatic rings. The zero-order chi connectivity index (χ0) is 22.6. The first-order valence-electron chi connectivity index (χ1n) is 9.49. The van der Waals surface area contributed by atoms with E-state index in [4.69, 9.17) is 23.2 Å². The number of benzene rings is 3. The average Bonchev–Trinajstić information content (AvgIpc) is 2.73. The minimum Gasteiger partial charge on any atom is -0.344 e. The van der Waals surface area contributed by atoms with Crippen molar-refractivity contribution in [2.24, 2.45) is 0 Å². The van der Waals surface area contributed by atoms with Crippen LogP contribution in [0.4, 0.5) is 5.69 Å². The van der Waals surface area contributed by atoms with E-state index in [0.717, 1.165) is 27.3 Å². The van der Waals surface area contributed by atoms with E-state index in [-0.39, 0.29) is 10.7 Å². The van der Waals surface area contributed by atoms with E-state index >= 15 is 0 Å². The Balaban J connectivity index is 1.91. The number of anilines is 1. The molecule has 3 aromatic rings. The molecule has 0 aromatic heterocycles. The van der Waals surface area contributed by atoms with Crippen molar-refractivity contribution in [3.63, 3.8) is 0 Å². The zero-order valence-electron chi connectivity index (χ0n) is 17.0. The molecule has 5 nitrogen and oxygen atoms in total. The number of aryl methyl sites for hydroxylation is 1. The van der Waals surface area contributed by atoms with Crippen molar-refractivity contribution in [1.29, 1.82) is 0 Å². The number of carbonyl (C=O) groups is 1. The molecule has 3 aromatic carbocycles.